The lowest BCUT2D eigenvalue weighted by Gasteiger charge is -2.08. The quantitative estimate of drug-likeness (QED) is 0.518. The number of hydrogen-bond donors (Lipinski definition) is 1. The Morgan fingerprint density at radius 3 is 2.65 bits per heavy atom. The van der Waals surface area contributed by atoms with Gasteiger partial charge in [-0.25, -0.2) is 9.37 Å². The molecule has 2 aromatic heterocycles. The predicted octanol–water partition coefficient (Wildman–Crippen LogP) is 3.67. The summed E-state index contributed by atoms with van der Waals surface area (Å²) in [5.41, 5.74) is 2.24. The maximum Gasteiger partial charge on any atom is 0.185 e. The summed E-state index contributed by atoms with van der Waals surface area (Å²) in [5.74, 6) is -0.709. The molecule has 0 aliphatic carbocycles. The average molecular weight is 354 g/mol. The third-order valence-corrected chi connectivity index (χ3v) is 4.09. The molecule has 0 radical (unpaired) electrons. The number of carbonyl (C=O) groups excluding carboxylic acids is 1. The van der Waals surface area contributed by atoms with E-state index in [4.69, 9.17) is 4.74 Å². The van der Waals surface area contributed by atoms with Crippen molar-refractivity contribution < 1.29 is 19.0 Å². The topological polar surface area (TPSA) is 72.3 Å². The van der Waals surface area contributed by atoms with Gasteiger partial charge in [-0.05, 0) is 42.2 Å². The molecule has 3 aromatic rings. The van der Waals surface area contributed by atoms with Crippen molar-refractivity contribution >= 4 is 16.7 Å². The van der Waals surface area contributed by atoms with Crippen LogP contribution in [0, 0.1) is 5.82 Å². The van der Waals surface area contributed by atoms with Gasteiger partial charge in [0.05, 0.1) is 0 Å². The highest BCUT2D eigenvalue weighted by Crippen LogP contribution is 2.27. The molecule has 1 aromatic carbocycles. The maximum absolute atomic E-state index is 13.0. The molecule has 0 aliphatic rings. The van der Waals surface area contributed by atoms with E-state index in [1.54, 1.807) is 31.6 Å². The van der Waals surface area contributed by atoms with E-state index in [9.17, 15) is 14.3 Å². The number of Topliss-reactive ketones (excluding diaryl/α,β-unsaturated/α-hetero) is 1. The van der Waals surface area contributed by atoms with Gasteiger partial charge >= 0.3 is 0 Å². The second-order valence-corrected chi connectivity index (χ2v) is 6.06. The van der Waals surface area contributed by atoms with Crippen LogP contribution in [0.4, 0.5) is 4.39 Å². The highest BCUT2D eigenvalue weighted by atomic mass is 19.1. The normalized spacial score (nSPS) is 11.0. The number of rotatable bonds is 7. The van der Waals surface area contributed by atoms with Crippen molar-refractivity contribution in [3.05, 3.63) is 65.4 Å². The van der Waals surface area contributed by atoms with Gasteiger partial charge in [0.25, 0.3) is 0 Å². The Balaban J connectivity index is 1.83. The highest BCUT2D eigenvalue weighted by molar-refractivity contribution is 6.01. The highest BCUT2D eigenvalue weighted by Gasteiger charge is 2.16. The molecule has 0 aliphatic heterocycles. The van der Waals surface area contributed by atoms with E-state index >= 15 is 0 Å². The molecule has 5 nitrogen and oxygen atoms in total. The van der Waals surface area contributed by atoms with Crippen LogP contribution in [0.2, 0.25) is 0 Å². The lowest BCUT2D eigenvalue weighted by Crippen LogP contribution is -2.05. The Morgan fingerprint density at radius 1 is 1.15 bits per heavy atom. The zero-order valence-electron chi connectivity index (χ0n) is 14.4. The summed E-state index contributed by atoms with van der Waals surface area (Å²) in [6.45, 7) is 0.477. The van der Waals surface area contributed by atoms with Crippen LogP contribution in [-0.2, 0) is 11.2 Å². The molecule has 0 saturated heterocycles. The smallest absolute Gasteiger partial charge is 0.185 e. The minimum atomic E-state index is -0.276. The second-order valence-electron chi connectivity index (χ2n) is 6.06. The van der Waals surface area contributed by atoms with E-state index in [0.717, 1.165) is 11.1 Å². The molecule has 0 unspecified atom stereocenters. The number of ketones is 1. The van der Waals surface area contributed by atoms with Crippen LogP contribution in [0.3, 0.4) is 0 Å². The zero-order chi connectivity index (χ0) is 18.5. The first-order valence-electron chi connectivity index (χ1n) is 8.31. The monoisotopic (exact) mass is 354 g/mol. The molecule has 1 N–H and O–H groups in total. The Morgan fingerprint density at radius 2 is 1.92 bits per heavy atom. The number of aromatic nitrogens is 2. The molecule has 3 rings (SSSR count). The number of fused-ring (bicyclic) bond motifs is 1. The molecule has 26 heavy (non-hydrogen) atoms. The molecule has 0 amide bonds. The molecule has 0 saturated carbocycles. The van der Waals surface area contributed by atoms with Crippen molar-refractivity contribution in [3.8, 4) is 5.75 Å². The minimum Gasteiger partial charge on any atom is -0.504 e. The average Bonchev–Trinajstić information content (AvgIpc) is 2.64. The molecule has 0 atom stereocenters. The number of ether oxygens (including phenoxy) is 1. The van der Waals surface area contributed by atoms with Crippen molar-refractivity contribution in [1.29, 1.82) is 0 Å². The number of methoxy groups -OCH3 is 1. The first-order valence-corrected chi connectivity index (χ1v) is 8.31. The van der Waals surface area contributed by atoms with Crippen molar-refractivity contribution in [2.75, 3.05) is 13.7 Å². The number of benzene rings is 1. The molecular formula is C20H19FN2O3. The summed E-state index contributed by atoms with van der Waals surface area (Å²) in [6.07, 6.45) is 4.59. The van der Waals surface area contributed by atoms with E-state index in [2.05, 4.69) is 9.97 Å². The molecule has 6 heteroatoms. The number of aromatic hydroxyl groups is 1. The largest absolute Gasteiger partial charge is 0.504 e. The summed E-state index contributed by atoms with van der Waals surface area (Å²) >= 11 is 0. The summed E-state index contributed by atoms with van der Waals surface area (Å²) in [6, 6.07) is 8.13. The van der Waals surface area contributed by atoms with Crippen LogP contribution < -0.4 is 0 Å². The van der Waals surface area contributed by atoms with Crippen molar-refractivity contribution in [2.24, 2.45) is 0 Å². The second kappa shape index (κ2) is 8.01. The molecule has 0 bridgehead atoms. The molecule has 2 heterocycles. The van der Waals surface area contributed by atoms with E-state index in [-0.39, 0.29) is 29.5 Å². The number of halogens is 1. The van der Waals surface area contributed by atoms with Gasteiger partial charge < -0.3 is 9.84 Å². The van der Waals surface area contributed by atoms with Crippen LogP contribution in [-0.4, -0.2) is 34.6 Å². The molecule has 134 valence electrons. The number of nitrogens with zero attached hydrogens (tertiary/aromatic N) is 2. The first-order chi connectivity index (χ1) is 12.6. The zero-order valence-corrected chi connectivity index (χ0v) is 14.4. The van der Waals surface area contributed by atoms with Gasteiger partial charge in [-0.3, -0.25) is 9.78 Å². The fraction of sp³-hybridized carbons (Fsp3) is 0.250. The Hall–Kier alpha value is -2.86. The fourth-order valence-electron chi connectivity index (χ4n) is 2.77. The minimum absolute atomic E-state index is 0.0346. The van der Waals surface area contributed by atoms with Crippen molar-refractivity contribution in [1.82, 2.24) is 9.97 Å². The molecule has 0 fully saturated rings. The van der Waals surface area contributed by atoms with Gasteiger partial charge in [-0.2, -0.15) is 0 Å². The van der Waals surface area contributed by atoms with Gasteiger partial charge in [0, 0.05) is 37.9 Å². The SMILES string of the molecule is COCCCC(=O)c1ncc2cc(Cc3ccc(F)cc3)cnc2c1O. The Kier molecular flexibility index (Phi) is 5.53. The summed E-state index contributed by atoms with van der Waals surface area (Å²) in [5, 5.41) is 11.0. The third-order valence-electron chi connectivity index (χ3n) is 4.09. The maximum atomic E-state index is 13.0. The van der Waals surface area contributed by atoms with E-state index in [0.29, 0.717) is 30.4 Å². The van der Waals surface area contributed by atoms with Gasteiger partial charge in [0.2, 0.25) is 0 Å². The van der Waals surface area contributed by atoms with E-state index in [1.807, 2.05) is 6.07 Å². The van der Waals surface area contributed by atoms with E-state index in [1.165, 1.54) is 12.1 Å². The standard InChI is InChI=1S/C20H19FN2O3/c1-26-8-2-3-17(24)19-20(25)18-15(12-23-19)10-14(11-22-18)9-13-4-6-16(21)7-5-13/h4-7,10-12,25H,2-3,8-9H2,1H3. The van der Waals surface area contributed by atoms with Crippen molar-refractivity contribution in [3.63, 3.8) is 0 Å². The number of carbonyl (C=O) groups is 1. The van der Waals surface area contributed by atoms with Crippen LogP contribution in [0.1, 0.15) is 34.5 Å². The van der Waals surface area contributed by atoms with Crippen LogP contribution >= 0.6 is 0 Å². The first kappa shape index (κ1) is 17.9. The van der Waals surface area contributed by atoms with Crippen molar-refractivity contribution in [2.45, 2.75) is 19.3 Å². The molecular weight excluding hydrogens is 335 g/mol. The predicted molar refractivity (Wildman–Crippen MR) is 95.8 cm³/mol. The van der Waals surface area contributed by atoms with Crippen LogP contribution in [0.5, 0.6) is 5.75 Å². The Labute approximate surface area is 150 Å². The van der Waals surface area contributed by atoms with Crippen LogP contribution in [0.25, 0.3) is 10.9 Å². The van der Waals surface area contributed by atoms with Gasteiger partial charge in [-0.1, -0.05) is 12.1 Å². The summed E-state index contributed by atoms with van der Waals surface area (Å²) in [7, 11) is 1.57. The van der Waals surface area contributed by atoms with Gasteiger partial charge in [0.1, 0.15) is 17.0 Å². The lowest BCUT2D eigenvalue weighted by molar-refractivity contribution is 0.0956. The van der Waals surface area contributed by atoms with Crippen LogP contribution in [0.15, 0.2) is 42.7 Å². The Bertz CT molecular complexity index is 926. The number of pyridine rings is 2. The lowest BCUT2D eigenvalue weighted by atomic mass is 10.0. The van der Waals surface area contributed by atoms with Gasteiger partial charge in [-0.15, -0.1) is 0 Å². The van der Waals surface area contributed by atoms with Gasteiger partial charge in [0.15, 0.2) is 11.5 Å². The summed E-state index contributed by atoms with van der Waals surface area (Å²) in [4.78, 5) is 20.6. The van der Waals surface area contributed by atoms with E-state index < -0.39 is 0 Å². The summed E-state index contributed by atoms with van der Waals surface area (Å²) < 4.78 is 17.9. The fourth-order valence-corrected chi connectivity index (χ4v) is 2.77. The number of hydrogen-bond acceptors (Lipinski definition) is 5. The molecule has 0 spiro atoms. The third kappa shape index (κ3) is 4.03.